The van der Waals surface area contributed by atoms with E-state index in [1.807, 2.05) is 0 Å². The smallest absolute Gasteiger partial charge is 0.188 e. The number of tetrazole rings is 1. The Bertz CT molecular complexity index is 261. The summed E-state index contributed by atoms with van der Waals surface area (Å²) in [6, 6.07) is 1.05. The average molecular weight is 196 g/mol. The van der Waals surface area contributed by atoms with Crippen molar-refractivity contribution >= 4 is 0 Å². The molecule has 2 rings (SSSR count). The lowest BCUT2D eigenvalue weighted by Crippen LogP contribution is -2.54. The molecule has 1 aliphatic heterocycles. The summed E-state index contributed by atoms with van der Waals surface area (Å²) in [6.07, 6.45) is 0. The predicted molar refractivity (Wildman–Crippen MR) is 51.5 cm³/mol. The van der Waals surface area contributed by atoms with Gasteiger partial charge < -0.3 is 5.32 Å². The van der Waals surface area contributed by atoms with Crippen molar-refractivity contribution in [3.05, 3.63) is 5.82 Å². The van der Waals surface area contributed by atoms with Gasteiger partial charge in [-0.1, -0.05) is 5.21 Å². The van der Waals surface area contributed by atoms with Gasteiger partial charge in [0.05, 0.1) is 6.54 Å². The lowest BCUT2D eigenvalue weighted by Gasteiger charge is -2.38. The number of hydrogen-bond donors (Lipinski definition) is 2. The number of piperazine rings is 1. The number of nitrogens with zero attached hydrogens (tertiary/aromatic N) is 4. The fourth-order valence-corrected chi connectivity index (χ4v) is 1.89. The monoisotopic (exact) mass is 196 g/mol. The van der Waals surface area contributed by atoms with Gasteiger partial charge in [0.1, 0.15) is 0 Å². The van der Waals surface area contributed by atoms with Gasteiger partial charge in [-0.05, 0) is 13.8 Å². The second kappa shape index (κ2) is 4.02. The summed E-state index contributed by atoms with van der Waals surface area (Å²) < 4.78 is 0. The van der Waals surface area contributed by atoms with E-state index in [2.05, 4.69) is 44.7 Å². The van der Waals surface area contributed by atoms with E-state index >= 15 is 0 Å². The maximum absolute atomic E-state index is 3.97. The Morgan fingerprint density at radius 1 is 1.36 bits per heavy atom. The van der Waals surface area contributed by atoms with Crippen LogP contribution >= 0.6 is 0 Å². The maximum Gasteiger partial charge on any atom is 0.188 e. The zero-order valence-corrected chi connectivity index (χ0v) is 8.56. The largest absolute Gasteiger partial charge is 0.314 e. The summed E-state index contributed by atoms with van der Waals surface area (Å²) in [4.78, 5) is 2.39. The first-order chi connectivity index (χ1) is 6.77. The summed E-state index contributed by atoms with van der Waals surface area (Å²) in [6.45, 7) is 7.26. The molecule has 0 radical (unpaired) electrons. The maximum atomic E-state index is 3.97. The van der Waals surface area contributed by atoms with Crippen molar-refractivity contribution in [3.8, 4) is 0 Å². The minimum absolute atomic E-state index is 0.525. The summed E-state index contributed by atoms with van der Waals surface area (Å²) >= 11 is 0. The number of nitrogens with one attached hydrogen (secondary N) is 2. The van der Waals surface area contributed by atoms with Crippen molar-refractivity contribution in [2.75, 3.05) is 13.1 Å². The fraction of sp³-hybridized carbons (Fsp3) is 0.875. The highest BCUT2D eigenvalue weighted by Crippen LogP contribution is 2.11. The summed E-state index contributed by atoms with van der Waals surface area (Å²) in [5.41, 5.74) is 0. The number of hydrogen-bond acceptors (Lipinski definition) is 5. The number of H-pyrrole nitrogens is 1. The molecule has 6 heteroatoms. The van der Waals surface area contributed by atoms with E-state index in [4.69, 9.17) is 0 Å². The molecule has 0 bridgehead atoms. The summed E-state index contributed by atoms with van der Waals surface area (Å²) in [5, 5.41) is 17.4. The first kappa shape index (κ1) is 9.54. The molecule has 0 spiro atoms. The molecule has 1 aromatic rings. The van der Waals surface area contributed by atoms with Crippen LogP contribution in [0.25, 0.3) is 0 Å². The summed E-state index contributed by atoms with van der Waals surface area (Å²) in [5.74, 6) is 0.769. The lowest BCUT2D eigenvalue weighted by atomic mass is 10.1. The van der Waals surface area contributed by atoms with E-state index in [-0.39, 0.29) is 0 Å². The van der Waals surface area contributed by atoms with Gasteiger partial charge in [-0.15, -0.1) is 10.2 Å². The topological polar surface area (TPSA) is 69.7 Å². The van der Waals surface area contributed by atoms with Crippen LogP contribution in [0, 0.1) is 0 Å². The Morgan fingerprint density at radius 3 is 2.64 bits per heavy atom. The Hall–Kier alpha value is -1.01. The molecule has 14 heavy (non-hydrogen) atoms. The molecular formula is C8H16N6. The van der Waals surface area contributed by atoms with Crippen LogP contribution in [-0.2, 0) is 6.54 Å². The van der Waals surface area contributed by atoms with Crippen LogP contribution in [0.15, 0.2) is 0 Å². The Labute approximate surface area is 83.1 Å². The molecule has 0 aromatic carbocycles. The molecule has 2 atom stereocenters. The molecule has 6 nitrogen and oxygen atoms in total. The molecule has 0 amide bonds. The average Bonchev–Trinajstić information content (AvgIpc) is 2.64. The minimum Gasteiger partial charge on any atom is -0.314 e. The fourth-order valence-electron chi connectivity index (χ4n) is 1.89. The highest BCUT2D eigenvalue weighted by Gasteiger charge is 2.25. The lowest BCUT2D eigenvalue weighted by molar-refractivity contribution is 0.105. The van der Waals surface area contributed by atoms with E-state index in [0.717, 1.165) is 25.5 Å². The van der Waals surface area contributed by atoms with Crippen LogP contribution in [0.2, 0.25) is 0 Å². The first-order valence-corrected chi connectivity index (χ1v) is 4.96. The normalized spacial score (nSPS) is 29.3. The van der Waals surface area contributed by atoms with Crippen molar-refractivity contribution in [2.24, 2.45) is 0 Å². The highest BCUT2D eigenvalue weighted by atomic mass is 15.5. The zero-order valence-electron chi connectivity index (χ0n) is 8.56. The van der Waals surface area contributed by atoms with Gasteiger partial charge in [0.25, 0.3) is 0 Å². The molecule has 0 aliphatic carbocycles. The van der Waals surface area contributed by atoms with Gasteiger partial charge in [-0.25, -0.2) is 0 Å². The second-order valence-electron chi connectivity index (χ2n) is 3.86. The van der Waals surface area contributed by atoms with Gasteiger partial charge >= 0.3 is 0 Å². The first-order valence-electron chi connectivity index (χ1n) is 4.96. The van der Waals surface area contributed by atoms with Crippen molar-refractivity contribution < 1.29 is 0 Å². The highest BCUT2D eigenvalue weighted by molar-refractivity contribution is 4.86. The molecule has 2 N–H and O–H groups in total. The van der Waals surface area contributed by atoms with Gasteiger partial charge in [0, 0.05) is 25.2 Å². The van der Waals surface area contributed by atoms with E-state index < -0.39 is 0 Å². The number of aromatic amines is 1. The Balaban J connectivity index is 2.01. The molecule has 1 saturated heterocycles. The molecule has 1 fully saturated rings. The molecule has 2 unspecified atom stereocenters. The third kappa shape index (κ3) is 1.91. The second-order valence-corrected chi connectivity index (χ2v) is 3.86. The minimum atomic E-state index is 0.525. The van der Waals surface area contributed by atoms with Gasteiger partial charge in [0.15, 0.2) is 5.82 Å². The third-order valence-corrected chi connectivity index (χ3v) is 2.73. The van der Waals surface area contributed by atoms with E-state index in [1.165, 1.54) is 0 Å². The van der Waals surface area contributed by atoms with E-state index in [1.54, 1.807) is 0 Å². The Morgan fingerprint density at radius 2 is 2.07 bits per heavy atom. The Kier molecular flexibility index (Phi) is 2.74. The van der Waals surface area contributed by atoms with Crippen molar-refractivity contribution in [1.82, 2.24) is 30.8 Å². The quantitative estimate of drug-likeness (QED) is 0.660. The molecule has 1 aliphatic rings. The molecule has 0 saturated carbocycles. The van der Waals surface area contributed by atoms with Gasteiger partial charge in [0.2, 0.25) is 0 Å². The van der Waals surface area contributed by atoms with Crippen LogP contribution in [0.3, 0.4) is 0 Å². The van der Waals surface area contributed by atoms with Crippen LogP contribution in [0.4, 0.5) is 0 Å². The standard InChI is InChI=1S/C8H16N6/c1-6-3-9-4-7(2)14(6)5-8-10-12-13-11-8/h6-7,9H,3-5H2,1-2H3,(H,10,11,12,13). The van der Waals surface area contributed by atoms with E-state index in [9.17, 15) is 0 Å². The molecule has 2 heterocycles. The van der Waals surface area contributed by atoms with Crippen molar-refractivity contribution in [1.29, 1.82) is 0 Å². The summed E-state index contributed by atoms with van der Waals surface area (Å²) in [7, 11) is 0. The zero-order chi connectivity index (χ0) is 9.97. The third-order valence-electron chi connectivity index (χ3n) is 2.73. The number of aromatic nitrogens is 4. The molecular weight excluding hydrogens is 180 g/mol. The van der Waals surface area contributed by atoms with Crippen LogP contribution in [0.1, 0.15) is 19.7 Å². The SMILES string of the molecule is CC1CNCC(C)N1Cc1nn[nH]n1. The van der Waals surface area contributed by atoms with Crippen LogP contribution in [-0.4, -0.2) is 50.7 Å². The van der Waals surface area contributed by atoms with Crippen LogP contribution < -0.4 is 5.32 Å². The number of rotatable bonds is 2. The van der Waals surface area contributed by atoms with Gasteiger partial charge in [-0.3, -0.25) is 4.90 Å². The van der Waals surface area contributed by atoms with Crippen LogP contribution in [0.5, 0.6) is 0 Å². The van der Waals surface area contributed by atoms with E-state index in [0.29, 0.717) is 12.1 Å². The predicted octanol–water partition coefficient (Wildman–Crippen LogP) is -0.618. The van der Waals surface area contributed by atoms with Crippen molar-refractivity contribution in [3.63, 3.8) is 0 Å². The van der Waals surface area contributed by atoms with Gasteiger partial charge in [-0.2, -0.15) is 5.21 Å². The molecule has 78 valence electrons. The molecule has 1 aromatic heterocycles. The van der Waals surface area contributed by atoms with Crippen molar-refractivity contribution in [2.45, 2.75) is 32.5 Å².